The quantitative estimate of drug-likeness (QED) is 0.402. The number of rotatable bonds is 6. The molecule has 0 aliphatic heterocycles. The molecule has 0 atom stereocenters. The molecular formula is C20H17N3O2S. The molecule has 0 amide bonds. The number of para-hydroxylation sites is 1. The summed E-state index contributed by atoms with van der Waals surface area (Å²) in [5.41, 5.74) is 2.89. The molecule has 0 fully saturated rings. The largest absolute Gasteiger partial charge is 0.462 e. The second kappa shape index (κ2) is 8.28. The molecular weight excluding hydrogens is 346 g/mol. The van der Waals surface area contributed by atoms with Crippen molar-refractivity contribution in [1.29, 1.82) is 5.26 Å². The molecule has 0 aliphatic rings. The standard InChI is InChI=1S/C20H17N3O2S/c1-2-25-20(24)15(12-21)13-22-16-9-7-14(8-10-16)11-19-23-17-5-3-4-6-18(17)26-19/h3-10,13,22H,2,11H2,1H3/b15-13+. The van der Waals surface area contributed by atoms with Crippen molar-refractivity contribution in [3.8, 4) is 6.07 Å². The first kappa shape index (κ1) is 17.6. The third kappa shape index (κ3) is 4.26. The molecule has 0 aliphatic carbocycles. The van der Waals surface area contributed by atoms with Gasteiger partial charge in [-0.3, -0.25) is 0 Å². The number of hydrogen-bond donors (Lipinski definition) is 1. The number of nitrogens with one attached hydrogen (secondary N) is 1. The highest BCUT2D eigenvalue weighted by atomic mass is 32.1. The van der Waals surface area contributed by atoms with Crippen LogP contribution in [0.3, 0.4) is 0 Å². The van der Waals surface area contributed by atoms with Crippen LogP contribution < -0.4 is 5.32 Å². The molecule has 3 rings (SSSR count). The monoisotopic (exact) mass is 363 g/mol. The molecule has 6 heteroatoms. The van der Waals surface area contributed by atoms with E-state index in [0.717, 1.165) is 28.2 Å². The summed E-state index contributed by atoms with van der Waals surface area (Å²) in [5.74, 6) is -0.630. The number of thiazole rings is 1. The number of anilines is 1. The van der Waals surface area contributed by atoms with Crippen molar-refractivity contribution in [2.75, 3.05) is 11.9 Å². The fraction of sp³-hybridized carbons (Fsp3) is 0.150. The summed E-state index contributed by atoms with van der Waals surface area (Å²) in [6.45, 7) is 1.93. The van der Waals surface area contributed by atoms with Crippen molar-refractivity contribution in [1.82, 2.24) is 4.98 Å². The maximum Gasteiger partial charge on any atom is 0.350 e. The van der Waals surface area contributed by atoms with Crippen LogP contribution in [0.1, 0.15) is 17.5 Å². The second-order valence-electron chi connectivity index (χ2n) is 5.48. The van der Waals surface area contributed by atoms with Crippen molar-refractivity contribution >= 4 is 33.2 Å². The number of nitrogens with zero attached hydrogens (tertiary/aromatic N) is 2. The molecule has 2 aromatic carbocycles. The Bertz CT molecular complexity index is 951. The van der Waals surface area contributed by atoms with E-state index >= 15 is 0 Å². The Morgan fingerprint density at radius 1 is 1.27 bits per heavy atom. The first-order valence-corrected chi connectivity index (χ1v) is 8.98. The summed E-state index contributed by atoms with van der Waals surface area (Å²) in [7, 11) is 0. The third-order valence-corrected chi connectivity index (χ3v) is 4.68. The Labute approximate surface area is 155 Å². The van der Waals surface area contributed by atoms with Gasteiger partial charge in [0.1, 0.15) is 6.07 Å². The molecule has 0 bridgehead atoms. The highest BCUT2D eigenvalue weighted by Crippen LogP contribution is 2.24. The van der Waals surface area contributed by atoms with Crippen molar-refractivity contribution in [3.05, 3.63) is 70.9 Å². The van der Waals surface area contributed by atoms with Crippen LogP contribution in [0.15, 0.2) is 60.3 Å². The van der Waals surface area contributed by atoms with E-state index in [4.69, 9.17) is 10.00 Å². The highest BCUT2D eigenvalue weighted by Gasteiger charge is 2.09. The molecule has 0 unspecified atom stereocenters. The predicted molar refractivity (Wildman–Crippen MR) is 103 cm³/mol. The molecule has 26 heavy (non-hydrogen) atoms. The third-order valence-electron chi connectivity index (χ3n) is 3.65. The van der Waals surface area contributed by atoms with E-state index in [1.807, 2.05) is 48.5 Å². The minimum atomic E-state index is -0.630. The fourth-order valence-corrected chi connectivity index (χ4v) is 3.39. The van der Waals surface area contributed by atoms with Gasteiger partial charge in [-0.25, -0.2) is 9.78 Å². The Morgan fingerprint density at radius 3 is 2.73 bits per heavy atom. The summed E-state index contributed by atoms with van der Waals surface area (Å²) in [5, 5.41) is 13.0. The minimum Gasteiger partial charge on any atom is -0.462 e. The van der Waals surface area contributed by atoms with Crippen LogP contribution in [-0.4, -0.2) is 17.6 Å². The number of carbonyl (C=O) groups is 1. The SMILES string of the molecule is CCOC(=O)/C(C#N)=C/Nc1ccc(Cc2nc3ccccc3s2)cc1. The molecule has 1 aromatic heterocycles. The summed E-state index contributed by atoms with van der Waals surface area (Å²) < 4.78 is 6.01. The minimum absolute atomic E-state index is 0.0644. The molecule has 1 heterocycles. The van der Waals surface area contributed by atoms with E-state index in [2.05, 4.69) is 16.4 Å². The average molecular weight is 363 g/mol. The lowest BCUT2D eigenvalue weighted by molar-refractivity contribution is -0.138. The number of nitriles is 1. The van der Waals surface area contributed by atoms with Crippen LogP contribution in [0.2, 0.25) is 0 Å². The number of benzene rings is 2. The zero-order valence-corrected chi connectivity index (χ0v) is 15.0. The van der Waals surface area contributed by atoms with E-state index in [1.165, 1.54) is 10.9 Å². The first-order chi connectivity index (χ1) is 12.7. The lowest BCUT2D eigenvalue weighted by atomic mass is 10.1. The Morgan fingerprint density at radius 2 is 2.04 bits per heavy atom. The smallest absolute Gasteiger partial charge is 0.350 e. The van der Waals surface area contributed by atoms with Crippen molar-refractivity contribution in [2.45, 2.75) is 13.3 Å². The van der Waals surface area contributed by atoms with E-state index in [1.54, 1.807) is 18.3 Å². The molecule has 130 valence electrons. The van der Waals surface area contributed by atoms with Gasteiger partial charge < -0.3 is 10.1 Å². The summed E-state index contributed by atoms with van der Waals surface area (Å²) in [6.07, 6.45) is 2.13. The van der Waals surface area contributed by atoms with E-state index < -0.39 is 5.97 Å². The molecule has 0 saturated carbocycles. The van der Waals surface area contributed by atoms with Gasteiger partial charge in [0.25, 0.3) is 0 Å². The predicted octanol–water partition coefficient (Wildman–Crippen LogP) is 4.27. The fourth-order valence-electron chi connectivity index (χ4n) is 2.39. The Kier molecular flexibility index (Phi) is 5.62. The number of esters is 1. The molecule has 0 saturated heterocycles. The van der Waals surface area contributed by atoms with Crippen LogP contribution in [-0.2, 0) is 16.0 Å². The lowest BCUT2D eigenvalue weighted by Crippen LogP contribution is -2.07. The normalized spacial score (nSPS) is 11.2. The van der Waals surface area contributed by atoms with Crippen molar-refractivity contribution in [2.24, 2.45) is 0 Å². The maximum absolute atomic E-state index is 11.6. The number of hydrogen-bond acceptors (Lipinski definition) is 6. The highest BCUT2D eigenvalue weighted by molar-refractivity contribution is 7.18. The van der Waals surface area contributed by atoms with Crippen LogP contribution in [0, 0.1) is 11.3 Å². The van der Waals surface area contributed by atoms with E-state index in [0.29, 0.717) is 0 Å². The Balaban J connectivity index is 1.66. The van der Waals surface area contributed by atoms with Gasteiger partial charge in [-0.1, -0.05) is 24.3 Å². The van der Waals surface area contributed by atoms with Gasteiger partial charge in [-0.05, 0) is 36.8 Å². The van der Waals surface area contributed by atoms with Gasteiger partial charge in [-0.2, -0.15) is 5.26 Å². The van der Waals surface area contributed by atoms with Gasteiger partial charge >= 0.3 is 5.97 Å². The number of carbonyl (C=O) groups excluding carboxylic acids is 1. The van der Waals surface area contributed by atoms with Crippen LogP contribution in [0.5, 0.6) is 0 Å². The van der Waals surface area contributed by atoms with E-state index in [9.17, 15) is 4.79 Å². The van der Waals surface area contributed by atoms with Gasteiger partial charge in [0.2, 0.25) is 0 Å². The van der Waals surface area contributed by atoms with Crippen LogP contribution in [0.4, 0.5) is 5.69 Å². The summed E-state index contributed by atoms with van der Waals surface area (Å²) in [6, 6.07) is 17.7. The maximum atomic E-state index is 11.6. The number of fused-ring (bicyclic) bond motifs is 1. The van der Waals surface area contributed by atoms with E-state index in [-0.39, 0.29) is 12.2 Å². The van der Waals surface area contributed by atoms with Crippen LogP contribution in [0.25, 0.3) is 10.2 Å². The molecule has 1 N–H and O–H groups in total. The topological polar surface area (TPSA) is 75.0 Å². The van der Waals surface area contributed by atoms with Gasteiger partial charge in [0.05, 0.1) is 21.8 Å². The zero-order valence-electron chi connectivity index (χ0n) is 14.2. The van der Waals surface area contributed by atoms with Crippen LogP contribution >= 0.6 is 11.3 Å². The number of ether oxygens (including phenoxy) is 1. The molecule has 0 spiro atoms. The summed E-state index contributed by atoms with van der Waals surface area (Å²) >= 11 is 1.70. The summed E-state index contributed by atoms with van der Waals surface area (Å²) in [4.78, 5) is 16.2. The molecule has 3 aromatic rings. The first-order valence-electron chi connectivity index (χ1n) is 8.17. The molecule has 5 nitrogen and oxygen atoms in total. The van der Waals surface area contributed by atoms with Crippen molar-refractivity contribution in [3.63, 3.8) is 0 Å². The average Bonchev–Trinajstić information content (AvgIpc) is 3.06. The van der Waals surface area contributed by atoms with Gasteiger partial charge in [-0.15, -0.1) is 11.3 Å². The number of aromatic nitrogens is 1. The van der Waals surface area contributed by atoms with Gasteiger partial charge in [0, 0.05) is 18.3 Å². The molecule has 0 radical (unpaired) electrons. The lowest BCUT2D eigenvalue weighted by Gasteiger charge is -2.04. The Hall–Kier alpha value is -3.17. The zero-order chi connectivity index (χ0) is 18.4. The van der Waals surface area contributed by atoms with Crippen molar-refractivity contribution < 1.29 is 9.53 Å². The second-order valence-corrected chi connectivity index (χ2v) is 6.60. The van der Waals surface area contributed by atoms with Gasteiger partial charge in [0.15, 0.2) is 5.57 Å².